The van der Waals surface area contributed by atoms with E-state index in [-0.39, 0.29) is 23.0 Å². The molecule has 1 aliphatic rings. The van der Waals surface area contributed by atoms with Crippen molar-refractivity contribution in [2.75, 3.05) is 0 Å². The van der Waals surface area contributed by atoms with Crippen molar-refractivity contribution in [2.45, 2.75) is 37.4 Å². The molecule has 25 heavy (non-hydrogen) atoms. The van der Waals surface area contributed by atoms with E-state index in [9.17, 15) is 13.2 Å². The lowest BCUT2D eigenvalue weighted by atomic mass is 9.91. The van der Waals surface area contributed by atoms with Gasteiger partial charge in [-0.3, -0.25) is 5.10 Å². The molecule has 1 aromatic carbocycles. The third-order valence-electron chi connectivity index (χ3n) is 4.93. The number of alkyl halides is 3. The maximum Gasteiger partial charge on any atom is 0.433 e. The first-order chi connectivity index (χ1) is 11.9. The third-order valence-corrected chi connectivity index (χ3v) is 4.93. The fraction of sp³-hybridized carbons (Fsp3) is 0.333. The maximum atomic E-state index is 13.3. The molecule has 0 saturated heterocycles. The van der Waals surface area contributed by atoms with Gasteiger partial charge in [0.2, 0.25) is 0 Å². The molecule has 1 aliphatic carbocycles. The van der Waals surface area contributed by atoms with E-state index >= 15 is 0 Å². The lowest BCUT2D eigenvalue weighted by molar-refractivity contribution is -0.139. The summed E-state index contributed by atoms with van der Waals surface area (Å²) in [5.41, 5.74) is 7.64. The van der Waals surface area contributed by atoms with Crippen LogP contribution in [0.4, 0.5) is 13.2 Å². The summed E-state index contributed by atoms with van der Waals surface area (Å²) in [5, 5.41) is 5.79. The molecule has 3 aromatic rings. The minimum Gasteiger partial charge on any atom is -0.327 e. The summed E-state index contributed by atoms with van der Waals surface area (Å²) in [4.78, 5) is 3.95. The van der Waals surface area contributed by atoms with E-state index in [0.29, 0.717) is 5.56 Å². The number of aromatic nitrogens is 3. The van der Waals surface area contributed by atoms with Gasteiger partial charge in [0.15, 0.2) is 5.65 Å². The van der Waals surface area contributed by atoms with Crippen molar-refractivity contribution in [1.82, 2.24) is 15.2 Å². The van der Waals surface area contributed by atoms with Crippen LogP contribution >= 0.6 is 0 Å². The summed E-state index contributed by atoms with van der Waals surface area (Å²) in [6.07, 6.45) is 0.0321. The molecule has 0 radical (unpaired) electrons. The number of benzene rings is 1. The van der Waals surface area contributed by atoms with Crippen LogP contribution in [-0.2, 0) is 6.18 Å². The quantitative estimate of drug-likeness (QED) is 0.729. The Morgan fingerprint density at radius 1 is 1.16 bits per heavy atom. The van der Waals surface area contributed by atoms with Crippen molar-refractivity contribution in [3.8, 4) is 11.1 Å². The summed E-state index contributed by atoms with van der Waals surface area (Å²) >= 11 is 0. The van der Waals surface area contributed by atoms with E-state index in [1.165, 1.54) is 6.20 Å². The Morgan fingerprint density at radius 2 is 2.00 bits per heavy atom. The van der Waals surface area contributed by atoms with Crippen molar-refractivity contribution in [2.24, 2.45) is 5.73 Å². The van der Waals surface area contributed by atoms with Crippen LogP contribution in [0, 0.1) is 0 Å². The highest BCUT2D eigenvalue weighted by molar-refractivity contribution is 5.94. The zero-order valence-electron chi connectivity index (χ0n) is 13.3. The number of pyridine rings is 1. The van der Waals surface area contributed by atoms with Crippen LogP contribution in [0.3, 0.4) is 0 Å². The minimum absolute atomic E-state index is 0.00266. The van der Waals surface area contributed by atoms with Crippen LogP contribution in [-0.4, -0.2) is 21.2 Å². The molecule has 1 saturated carbocycles. The zero-order chi connectivity index (χ0) is 17.6. The van der Waals surface area contributed by atoms with Gasteiger partial charge in [-0.25, -0.2) is 4.98 Å². The molecule has 0 bridgehead atoms. The molecular weight excluding hydrogens is 329 g/mol. The number of hydrogen-bond acceptors (Lipinski definition) is 3. The Bertz CT molecular complexity index is 916. The number of H-pyrrole nitrogens is 1. The number of nitrogens with one attached hydrogen (secondary N) is 1. The number of nitrogens with two attached hydrogens (primary N) is 1. The van der Waals surface area contributed by atoms with Crippen LogP contribution in [0.5, 0.6) is 0 Å². The predicted octanol–water partition coefficient (Wildman–Crippen LogP) is 4.24. The molecule has 7 heteroatoms. The SMILES string of the molecule is N[C@H]1CCC[C@H]1c1cccc(-c2ccnc3n[nH]c(C(F)(F)F)c23)c1. The van der Waals surface area contributed by atoms with Gasteiger partial charge in [-0.2, -0.15) is 18.3 Å². The van der Waals surface area contributed by atoms with Gasteiger partial charge in [0.05, 0.1) is 5.39 Å². The summed E-state index contributed by atoms with van der Waals surface area (Å²) in [5.74, 6) is 0.253. The van der Waals surface area contributed by atoms with Gasteiger partial charge in [0, 0.05) is 12.2 Å². The van der Waals surface area contributed by atoms with Gasteiger partial charge in [-0.05, 0) is 41.5 Å². The highest BCUT2D eigenvalue weighted by Crippen LogP contribution is 2.39. The van der Waals surface area contributed by atoms with Gasteiger partial charge < -0.3 is 5.73 Å². The average Bonchev–Trinajstić information content (AvgIpc) is 3.20. The smallest absolute Gasteiger partial charge is 0.327 e. The van der Waals surface area contributed by atoms with Gasteiger partial charge in [-0.1, -0.05) is 30.7 Å². The number of halogens is 3. The molecule has 4 rings (SSSR count). The first-order valence-electron chi connectivity index (χ1n) is 8.21. The van der Waals surface area contributed by atoms with E-state index in [4.69, 9.17) is 5.73 Å². The number of aromatic amines is 1. The van der Waals surface area contributed by atoms with Crippen LogP contribution in [0.25, 0.3) is 22.2 Å². The second kappa shape index (κ2) is 5.84. The fourth-order valence-corrected chi connectivity index (χ4v) is 3.73. The molecule has 2 atom stereocenters. The van der Waals surface area contributed by atoms with E-state index in [1.807, 2.05) is 24.3 Å². The minimum atomic E-state index is -4.52. The largest absolute Gasteiger partial charge is 0.433 e. The van der Waals surface area contributed by atoms with Crippen LogP contribution in [0.15, 0.2) is 36.5 Å². The second-order valence-corrected chi connectivity index (χ2v) is 6.48. The monoisotopic (exact) mass is 346 g/mol. The molecule has 2 aromatic heterocycles. The van der Waals surface area contributed by atoms with Crippen molar-refractivity contribution >= 4 is 11.0 Å². The van der Waals surface area contributed by atoms with E-state index in [1.54, 1.807) is 6.07 Å². The molecule has 0 aliphatic heterocycles. The Hall–Kier alpha value is -2.41. The van der Waals surface area contributed by atoms with Gasteiger partial charge in [0.1, 0.15) is 5.69 Å². The van der Waals surface area contributed by atoms with Crippen molar-refractivity contribution in [3.63, 3.8) is 0 Å². The Balaban J connectivity index is 1.86. The van der Waals surface area contributed by atoms with Crippen molar-refractivity contribution in [3.05, 3.63) is 47.8 Å². The molecule has 0 spiro atoms. The molecule has 0 amide bonds. The Kier molecular flexibility index (Phi) is 3.76. The number of rotatable bonds is 2. The first kappa shape index (κ1) is 16.1. The van der Waals surface area contributed by atoms with Gasteiger partial charge >= 0.3 is 6.18 Å². The lowest BCUT2D eigenvalue weighted by Crippen LogP contribution is -2.22. The highest BCUT2D eigenvalue weighted by atomic mass is 19.4. The van der Waals surface area contributed by atoms with E-state index in [0.717, 1.165) is 30.4 Å². The lowest BCUT2D eigenvalue weighted by Gasteiger charge is -2.17. The van der Waals surface area contributed by atoms with Crippen molar-refractivity contribution in [1.29, 1.82) is 0 Å². The zero-order valence-corrected chi connectivity index (χ0v) is 13.3. The average molecular weight is 346 g/mol. The summed E-state index contributed by atoms with van der Waals surface area (Å²) in [6.45, 7) is 0. The maximum absolute atomic E-state index is 13.3. The first-order valence-corrected chi connectivity index (χ1v) is 8.21. The number of nitrogens with zero attached hydrogens (tertiary/aromatic N) is 2. The molecule has 3 N–H and O–H groups in total. The van der Waals surface area contributed by atoms with Crippen LogP contribution in [0.2, 0.25) is 0 Å². The summed E-state index contributed by atoms with van der Waals surface area (Å²) in [6, 6.07) is 9.32. The van der Waals surface area contributed by atoms with Crippen LogP contribution < -0.4 is 5.73 Å². The summed E-state index contributed by atoms with van der Waals surface area (Å²) < 4.78 is 39.9. The highest BCUT2D eigenvalue weighted by Gasteiger charge is 2.36. The molecule has 0 unspecified atom stereocenters. The second-order valence-electron chi connectivity index (χ2n) is 6.48. The van der Waals surface area contributed by atoms with Gasteiger partial charge in [-0.15, -0.1) is 0 Å². The molecule has 1 fully saturated rings. The molecule has 130 valence electrons. The molecule has 2 heterocycles. The van der Waals surface area contributed by atoms with Gasteiger partial charge in [0.25, 0.3) is 0 Å². The number of fused-ring (bicyclic) bond motifs is 1. The normalized spacial score (nSPS) is 21.1. The standard InChI is InChI=1S/C18H17F3N4/c19-18(20,21)16-15-13(7-8-23-17(15)25-24-16)11-4-1-3-10(9-11)12-5-2-6-14(12)22/h1,3-4,7-9,12,14H,2,5-6,22H2,(H,23,24,25)/t12-,14-/m0/s1. The van der Waals surface area contributed by atoms with E-state index in [2.05, 4.69) is 15.2 Å². The Labute approximate surface area is 142 Å². The Morgan fingerprint density at radius 3 is 2.72 bits per heavy atom. The van der Waals surface area contributed by atoms with Crippen molar-refractivity contribution < 1.29 is 13.2 Å². The molecule has 4 nitrogen and oxygen atoms in total. The number of hydrogen-bond donors (Lipinski definition) is 2. The predicted molar refractivity (Wildman–Crippen MR) is 88.9 cm³/mol. The molecular formula is C18H17F3N4. The topological polar surface area (TPSA) is 67.6 Å². The summed E-state index contributed by atoms with van der Waals surface area (Å²) in [7, 11) is 0. The van der Waals surface area contributed by atoms with Crippen LogP contribution in [0.1, 0.15) is 36.4 Å². The fourth-order valence-electron chi connectivity index (χ4n) is 3.73. The third kappa shape index (κ3) is 2.78. The van der Waals surface area contributed by atoms with E-state index < -0.39 is 11.9 Å².